The number of hydrogen-bond donors (Lipinski definition) is 2. The Kier molecular flexibility index (Phi) is 4.36. The summed E-state index contributed by atoms with van der Waals surface area (Å²) >= 11 is 3.39. The van der Waals surface area contributed by atoms with Gasteiger partial charge in [-0.05, 0) is 54.0 Å². The molecule has 0 spiro atoms. The molecule has 1 saturated heterocycles. The summed E-state index contributed by atoms with van der Waals surface area (Å²) < 4.78 is 2.74. The summed E-state index contributed by atoms with van der Waals surface area (Å²) in [4.78, 5) is 12.2. The van der Waals surface area contributed by atoms with Crippen LogP contribution in [0.3, 0.4) is 0 Å². The van der Waals surface area contributed by atoms with E-state index in [9.17, 15) is 4.79 Å². The Morgan fingerprint density at radius 2 is 2.10 bits per heavy atom. The normalized spacial score (nSPS) is 15.9. The number of aromatic nitrogens is 2. The van der Waals surface area contributed by atoms with Crippen molar-refractivity contribution >= 4 is 27.5 Å². The van der Waals surface area contributed by atoms with Crippen LogP contribution in [0.15, 0.2) is 41.1 Å². The Hall–Kier alpha value is -1.66. The van der Waals surface area contributed by atoms with Crippen LogP contribution in [0.5, 0.6) is 0 Å². The van der Waals surface area contributed by atoms with Crippen molar-refractivity contribution in [1.82, 2.24) is 15.1 Å². The first kappa shape index (κ1) is 14.3. The van der Waals surface area contributed by atoms with E-state index in [1.54, 1.807) is 12.3 Å². The fourth-order valence-corrected chi connectivity index (χ4v) is 2.98. The van der Waals surface area contributed by atoms with Gasteiger partial charge in [0.15, 0.2) is 0 Å². The van der Waals surface area contributed by atoms with Gasteiger partial charge in [0.05, 0.1) is 23.5 Å². The van der Waals surface area contributed by atoms with Gasteiger partial charge in [-0.3, -0.25) is 9.48 Å². The van der Waals surface area contributed by atoms with Crippen molar-refractivity contribution in [3.8, 4) is 0 Å². The Labute approximate surface area is 131 Å². The summed E-state index contributed by atoms with van der Waals surface area (Å²) in [6.45, 7) is 2.03. The van der Waals surface area contributed by atoms with E-state index in [2.05, 4.69) is 31.7 Å². The number of carbonyl (C=O) groups is 1. The van der Waals surface area contributed by atoms with Crippen LogP contribution in [0.25, 0.3) is 0 Å². The molecule has 6 heteroatoms. The van der Waals surface area contributed by atoms with Gasteiger partial charge >= 0.3 is 0 Å². The molecule has 0 radical (unpaired) electrons. The average Bonchev–Trinajstić information content (AvgIpc) is 2.97. The Morgan fingerprint density at radius 1 is 1.33 bits per heavy atom. The van der Waals surface area contributed by atoms with Crippen LogP contribution >= 0.6 is 15.9 Å². The van der Waals surface area contributed by atoms with Crippen LogP contribution in [0.4, 0.5) is 5.69 Å². The molecule has 0 unspecified atom stereocenters. The highest BCUT2D eigenvalue weighted by Gasteiger charge is 2.16. The van der Waals surface area contributed by atoms with E-state index >= 15 is 0 Å². The lowest BCUT2D eigenvalue weighted by Crippen LogP contribution is -2.29. The fraction of sp³-hybridized carbons (Fsp3) is 0.333. The lowest BCUT2D eigenvalue weighted by Gasteiger charge is -2.22. The summed E-state index contributed by atoms with van der Waals surface area (Å²) in [6.07, 6.45) is 5.75. The van der Waals surface area contributed by atoms with Crippen molar-refractivity contribution in [2.45, 2.75) is 18.9 Å². The van der Waals surface area contributed by atoms with Crippen molar-refractivity contribution < 1.29 is 4.79 Å². The monoisotopic (exact) mass is 348 g/mol. The molecule has 110 valence electrons. The van der Waals surface area contributed by atoms with Gasteiger partial charge in [0.1, 0.15) is 0 Å². The number of piperidine rings is 1. The Balaban J connectivity index is 1.69. The SMILES string of the molecule is O=C(Nc1cnn(C2CCNCC2)c1)c1ccccc1Br. The van der Waals surface area contributed by atoms with Crippen LogP contribution < -0.4 is 10.6 Å². The van der Waals surface area contributed by atoms with Gasteiger partial charge in [-0.15, -0.1) is 0 Å². The predicted octanol–water partition coefficient (Wildman–Crippen LogP) is 2.82. The highest BCUT2D eigenvalue weighted by atomic mass is 79.9. The van der Waals surface area contributed by atoms with Gasteiger partial charge in [-0.25, -0.2) is 0 Å². The Morgan fingerprint density at radius 3 is 2.86 bits per heavy atom. The van der Waals surface area contributed by atoms with Crippen LogP contribution in [-0.4, -0.2) is 28.8 Å². The smallest absolute Gasteiger partial charge is 0.256 e. The number of nitrogens with one attached hydrogen (secondary N) is 2. The molecule has 2 N–H and O–H groups in total. The largest absolute Gasteiger partial charge is 0.319 e. The summed E-state index contributed by atoms with van der Waals surface area (Å²) in [5.74, 6) is -0.132. The minimum Gasteiger partial charge on any atom is -0.319 e. The molecule has 1 aromatic carbocycles. The van der Waals surface area contributed by atoms with Crippen molar-refractivity contribution in [2.75, 3.05) is 18.4 Å². The highest BCUT2D eigenvalue weighted by molar-refractivity contribution is 9.10. The molecule has 1 aliphatic rings. The molecule has 0 aliphatic carbocycles. The number of nitrogens with zero attached hydrogens (tertiary/aromatic N) is 2. The summed E-state index contributed by atoms with van der Waals surface area (Å²) in [7, 11) is 0. The number of rotatable bonds is 3. The summed E-state index contributed by atoms with van der Waals surface area (Å²) in [5.41, 5.74) is 1.35. The molecule has 0 bridgehead atoms. The van der Waals surface area contributed by atoms with Gasteiger partial charge in [0, 0.05) is 10.7 Å². The standard InChI is InChI=1S/C15H17BrN4O/c16-14-4-2-1-3-13(14)15(21)19-11-9-18-20(10-11)12-5-7-17-8-6-12/h1-4,9-10,12,17H,5-8H2,(H,19,21). The lowest BCUT2D eigenvalue weighted by molar-refractivity contribution is 0.102. The van der Waals surface area contributed by atoms with Crippen molar-refractivity contribution in [3.05, 3.63) is 46.7 Å². The van der Waals surface area contributed by atoms with E-state index in [0.717, 1.165) is 36.1 Å². The first-order valence-electron chi connectivity index (χ1n) is 7.05. The zero-order valence-corrected chi connectivity index (χ0v) is 13.1. The van der Waals surface area contributed by atoms with Gasteiger partial charge in [-0.2, -0.15) is 5.10 Å². The molecule has 2 heterocycles. The second-order valence-electron chi connectivity index (χ2n) is 5.12. The number of carbonyl (C=O) groups excluding carboxylic acids is 1. The number of amides is 1. The molecule has 5 nitrogen and oxygen atoms in total. The molecule has 1 aliphatic heterocycles. The predicted molar refractivity (Wildman–Crippen MR) is 85.5 cm³/mol. The summed E-state index contributed by atoms with van der Waals surface area (Å²) in [6, 6.07) is 7.79. The zero-order valence-electron chi connectivity index (χ0n) is 11.6. The third-order valence-corrected chi connectivity index (χ3v) is 4.35. The third kappa shape index (κ3) is 3.33. The van der Waals surface area contributed by atoms with E-state index in [4.69, 9.17) is 0 Å². The topological polar surface area (TPSA) is 59.0 Å². The van der Waals surface area contributed by atoms with E-state index in [0.29, 0.717) is 11.6 Å². The zero-order chi connectivity index (χ0) is 14.7. The van der Waals surface area contributed by atoms with Gasteiger partial charge in [-0.1, -0.05) is 12.1 Å². The maximum Gasteiger partial charge on any atom is 0.256 e. The van der Waals surface area contributed by atoms with Crippen LogP contribution in [0.1, 0.15) is 29.2 Å². The number of hydrogen-bond acceptors (Lipinski definition) is 3. The molecule has 3 rings (SSSR count). The lowest BCUT2D eigenvalue weighted by atomic mass is 10.1. The van der Waals surface area contributed by atoms with Crippen LogP contribution in [0.2, 0.25) is 0 Å². The molecule has 2 aromatic rings. The number of anilines is 1. The van der Waals surface area contributed by atoms with Crippen molar-refractivity contribution in [1.29, 1.82) is 0 Å². The van der Waals surface area contributed by atoms with Gasteiger partial charge in [0.2, 0.25) is 0 Å². The molecule has 21 heavy (non-hydrogen) atoms. The second-order valence-corrected chi connectivity index (χ2v) is 5.98. The average molecular weight is 349 g/mol. The maximum atomic E-state index is 12.2. The van der Waals surface area contributed by atoms with Crippen LogP contribution in [-0.2, 0) is 0 Å². The van der Waals surface area contributed by atoms with E-state index in [-0.39, 0.29) is 5.91 Å². The fourth-order valence-electron chi connectivity index (χ4n) is 2.52. The molecule has 1 fully saturated rings. The number of halogens is 1. The van der Waals surface area contributed by atoms with Gasteiger partial charge < -0.3 is 10.6 Å². The number of benzene rings is 1. The van der Waals surface area contributed by atoms with Gasteiger partial charge in [0.25, 0.3) is 5.91 Å². The van der Waals surface area contributed by atoms with E-state index in [1.807, 2.05) is 29.1 Å². The molecule has 1 amide bonds. The Bertz CT molecular complexity index is 634. The van der Waals surface area contributed by atoms with E-state index in [1.165, 1.54) is 0 Å². The third-order valence-electron chi connectivity index (χ3n) is 3.66. The van der Waals surface area contributed by atoms with Crippen molar-refractivity contribution in [3.63, 3.8) is 0 Å². The highest BCUT2D eigenvalue weighted by Crippen LogP contribution is 2.21. The molecule has 0 saturated carbocycles. The first-order valence-corrected chi connectivity index (χ1v) is 7.84. The minimum atomic E-state index is -0.132. The second kappa shape index (κ2) is 6.41. The quantitative estimate of drug-likeness (QED) is 0.896. The van der Waals surface area contributed by atoms with Crippen LogP contribution in [0, 0.1) is 0 Å². The molecule has 1 aromatic heterocycles. The molecular weight excluding hydrogens is 332 g/mol. The minimum absolute atomic E-state index is 0.132. The summed E-state index contributed by atoms with van der Waals surface area (Å²) in [5, 5.41) is 10.6. The maximum absolute atomic E-state index is 12.2. The van der Waals surface area contributed by atoms with Crippen molar-refractivity contribution in [2.24, 2.45) is 0 Å². The molecule has 0 atom stereocenters. The molecular formula is C15H17BrN4O. The first-order chi connectivity index (χ1) is 10.2. The van der Waals surface area contributed by atoms with E-state index < -0.39 is 0 Å².